The molecule has 1 saturated carbocycles. The maximum Gasteiger partial charge on any atom is 0.320 e. The smallest absolute Gasteiger partial charge is 0.320 e. The largest absolute Gasteiger partial charge is 0.335 e. The van der Waals surface area contributed by atoms with Crippen molar-refractivity contribution < 1.29 is 4.79 Å². The Bertz CT molecular complexity index is 867. The number of anilines is 1. The number of carbonyl (C=O) groups is 1. The summed E-state index contributed by atoms with van der Waals surface area (Å²) in [7, 11) is 0. The van der Waals surface area contributed by atoms with Crippen LogP contribution in [0.3, 0.4) is 0 Å². The molecule has 0 unspecified atom stereocenters. The Kier molecular flexibility index (Phi) is 5.70. The summed E-state index contributed by atoms with van der Waals surface area (Å²) in [4.78, 5) is 16.9. The Balaban J connectivity index is 1.45. The Morgan fingerprint density at radius 1 is 1.11 bits per heavy atom. The van der Waals surface area contributed by atoms with Gasteiger partial charge in [0.05, 0.1) is 24.6 Å². The standard InChI is InChI=1S/C21H26N6O/c28-21(25-20-11-12-23-27(20)18-9-5-2-6-10-18)24-19(15-26-14-13-22-16-26)17-7-3-1-4-8-17/h1,3-4,7-8,11-14,16,18-19H,2,5-6,9-10,15H2,(H2,24,25,28)/t19-/m0/s1. The van der Waals surface area contributed by atoms with Crippen molar-refractivity contribution >= 4 is 11.8 Å². The van der Waals surface area contributed by atoms with E-state index in [1.807, 2.05) is 51.8 Å². The third-order valence-corrected chi connectivity index (χ3v) is 5.29. The lowest BCUT2D eigenvalue weighted by Crippen LogP contribution is -2.35. The van der Waals surface area contributed by atoms with Crippen LogP contribution < -0.4 is 10.6 Å². The van der Waals surface area contributed by atoms with Crippen LogP contribution in [0.15, 0.2) is 61.3 Å². The van der Waals surface area contributed by atoms with Crippen LogP contribution in [0.5, 0.6) is 0 Å². The molecule has 2 N–H and O–H groups in total. The number of carbonyl (C=O) groups excluding carboxylic acids is 1. The molecule has 0 spiro atoms. The summed E-state index contributed by atoms with van der Waals surface area (Å²) in [5.74, 6) is 0.749. The lowest BCUT2D eigenvalue weighted by Gasteiger charge is -2.24. The summed E-state index contributed by atoms with van der Waals surface area (Å²) >= 11 is 0. The van der Waals surface area contributed by atoms with Gasteiger partial charge in [0.1, 0.15) is 5.82 Å². The molecule has 0 saturated heterocycles. The van der Waals surface area contributed by atoms with Gasteiger partial charge in [-0.2, -0.15) is 5.10 Å². The van der Waals surface area contributed by atoms with Crippen molar-refractivity contribution in [1.82, 2.24) is 24.6 Å². The highest BCUT2D eigenvalue weighted by molar-refractivity contribution is 5.88. The van der Waals surface area contributed by atoms with Gasteiger partial charge in [0.2, 0.25) is 0 Å². The Morgan fingerprint density at radius 2 is 1.93 bits per heavy atom. The van der Waals surface area contributed by atoms with E-state index < -0.39 is 0 Å². The molecule has 2 aromatic heterocycles. The molecular weight excluding hydrogens is 352 g/mol. The van der Waals surface area contributed by atoms with E-state index in [1.165, 1.54) is 19.3 Å². The van der Waals surface area contributed by atoms with Crippen LogP contribution in [-0.2, 0) is 6.54 Å². The van der Waals surface area contributed by atoms with Gasteiger partial charge in [-0.1, -0.05) is 49.6 Å². The van der Waals surface area contributed by atoms with Crippen LogP contribution in [0.1, 0.15) is 49.8 Å². The Labute approximate surface area is 164 Å². The third-order valence-electron chi connectivity index (χ3n) is 5.29. The molecule has 0 bridgehead atoms. The molecule has 0 radical (unpaired) electrons. The minimum absolute atomic E-state index is 0.165. The van der Waals surface area contributed by atoms with E-state index in [0.29, 0.717) is 12.6 Å². The summed E-state index contributed by atoms with van der Waals surface area (Å²) in [6, 6.07) is 11.8. The summed E-state index contributed by atoms with van der Waals surface area (Å²) in [5.41, 5.74) is 1.05. The molecular formula is C21H26N6O. The highest BCUT2D eigenvalue weighted by Gasteiger charge is 2.20. The van der Waals surface area contributed by atoms with Crippen molar-refractivity contribution in [2.24, 2.45) is 0 Å². The van der Waals surface area contributed by atoms with Gasteiger partial charge >= 0.3 is 6.03 Å². The van der Waals surface area contributed by atoms with Gasteiger partial charge in [-0.15, -0.1) is 0 Å². The zero-order valence-electron chi connectivity index (χ0n) is 15.9. The maximum absolute atomic E-state index is 12.8. The average molecular weight is 378 g/mol. The molecule has 1 fully saturated rings. The highest BCUT2D eigenvalue weighted by atomic mass is 16.2. The molecule has 146 valence electrons. The van der Waals surface area contributed by atoms with E-state index in [-0.39, 0.29) is 12.1 Å². The number of rotatable bonds is 6. The molecule has 1 aliphatic rings. The molecule has 7 heteroatoms. The van der Waals surface area contributed by atoms with Crippen LogP contribution in [0, 0.1) is 0 Å². The van der Waals surface area contributed by atoms with Gasteiger partial charge in [-0.25, -0.2) is 14.5 Å². The predicted octanol–water partition coefficient (Wildman–Crippen LogP) is 4.15. The first-order chi connectivity index (χ1) is 13.8. The van der Waals surface area contributed by atoms with Crippen LogP contribution >= 0.6 is 0 Å². The number of nitrogens with zero attached hydrogens (tertiary/aromatic N) is 4. The first kappa shape index (κ1) is 18.3. The fourth-order valence-electron chi connectivity index (χ4n) is 3.87. The summed E-state index contributed by atoms with van der Waals surface area (Å²) in [6.07, 6.45) is 13.1. The number of urea groups is 1. The molecule has 1 aromatic carbocycles. The molecule has 28 heavy (non-hydrogen) atoms. The minimum Gasteiger partial charge on any atom is -0.335 e. The zero-order chi connectivity index (χ0) is 19.2. The van der Waals surface area contributed by atoms with Crippen molar-refractivity contribution in [3.05, 3.63) is 66.9 Å². The third kappa shape index (κ3) is 4.42. The second-order valence-corrected chi connectivity index (χ2v) is 7.27. The second kappa shape index (κ2) is 8.73. The predicted molar refractivity (Wildman–Crippen MR) is 108 cm³/mol. The normalized spacial score (nSPS) is 15.9. The van der Waals surface area contributed by atoms with E-state index in [4.69, 9.17) is 0 Å². The highest BCUT2D eigenvalue weighted by Crippen LogP contribution is 2.29. The van der Waals surface area contributed by atoms with Crippen LogP contribution in [0.2, 0.25) is 0 Å². The molecule has 7 nitrogen and oxygen atoms in total. The van der Waals surface area contributed by atoms with Crippen molar-refractivity contribution in [2.75, 3.05) is 5.32 Å². The quantitative estimate of drug-likeness (QED) is 0.676. The molecule has 4 rings (SSSR count). The maximum atomic E-state index is 12.8. The number of nitrogens with one attached hydrogen (secondary N) is 2. The van der Waals surface area contributed by atoms with Gasteiger partial charge in [0.25, 0.3) is 0 Å². The first-order valence-corrected chi connectivity index (χ1v) is 9.91. The first-order valence-electron chi connectivity index (χ1n) is 9.91. The lowest BCUT2D eigenvalue weighted by molar-refractivity contribution is 0.246. The van der Waals surface area contributed by atoms with Crippen LogP contribution in [0.4, 0.5) is 10.6 Å². The SMILES string of the molecule is O=C(Nc1ccnn1C1CCCCC1)N[C@@H](Cn1ccnc1)c1ccccc1. The van der Waals surface area contributed by atoms with Crippen molar-refractivity contribution in [3.63, 3.8) is 0 Å². The van der Waals surface area contributed by atoms with Gasteiger partial charge in [-0.05, 0) is 18.4 Å². The molecule has 2 amide bonds. The second-order valence-electron chi connectivity index (χ2n) is 7.27. The number of aromatic nitrogens is 4. The topological polar surface area (TPSA) is 76.8 Å². The van der Waals surface area contributed by atoms with Crippen molar-refractivity contribution in [2.45, 2.75) is 50.7 Å². The van der Waals surface area contributed by atoms with E-state index in [0.717, 1.165) is 24.2 Å². The van der Waals surface area contributed by atoms with Crippen LogP contribution in [0.25, 0.3) is 0 Å². The summed E-state index contributed by atoms with van der Waals surface area (Å²) in [6.45, 7) is 0.610. The Morgan fingerprint density at radius 3 is 2.68 bits per heavy atom. The zero-order valence-corrected chi connectivity index (χ0v) is 15.9. The molecule has 1 aliphatic carbocycles. The van der Waals surface area contributed by atoms with Gasteiger partial charge in [0, 0.05) is 25.0 Å². The van der Waals surface area contributed by atoms with E-state index in [9.17, 15) is 4.79 Å². The van der Waals surface area contributed by atoms with Crippen molar-refractivity contribution in [3.8, 4) is 0 Å². The van der Waals surface area contributed by atoms with Gasteiger partial charge in [-0.3, -0.25) is 5.32 Å². The van der Waals surface area contributed by atoms with E-state index in [1.54, 1.807) is 18.7 Å². The molecule has 3 aromatic rings. The summed E-state index contributed by atoms with van der Waals surface area (Å²) < 4.78 is 3.93. The molecule has 1 atom stereocenters. The number of hydrogen-bond acceptors (Lipinski definition) is 3. The average Bonchev–Trinajstić information content (AvgIpc) is 3.41. The monoisotopic (exact) mass is 378 g/mol. The van der Waals surface area contributed by atoms with Gasteiger partial charge < -0.3 is 9.88 Å². The number of benzene rings is 1. The molecule has 2 heterocycles. The number of amides is 2. The Hall–Kier alpha value is -3.09. The fraction of sp³-hybridized carbons (Fsp3) is 0.381. The minimum atomic E-state index is -0.230. The van der Waals surface area contributed by atoms with Gasteiger partial charge in [0.15, 0.2) is 0 Å². The lowest BCUT2D eigenvalue weighted by atomic mass is 9.96. The number of imidazole rings is 1. The molecule has 0 aliphatic heterocycles. The fourth-order valence-corrected chi connectivity index (χ4v) is 3.87. The van der Waals surface area contributed by atoms with E-state index in [2.05, 4.69) is 20.7 Å². The van der Waals surface area contributed by atoms with E-state index >= 15 is 0 Å². The van der Waals surface area contributed by atoms with Crippen molar-refractivity contribution in [1.29, 1.82) is 0 Å². The number of hydrogen-bond donors (Lipinski definition) is 2. The summed E-state index contributed by atoms with van der Waals surface area (Å²) in [5, 5.41) is 10.5. The van der Waals surface area contributed by atoms with Crippen LogP contribution in [-0.4, -0.2) is 25.4 Å².